The van der Waals surface area contributed by atoms with E-state index in [0.29, 0.717) is 46.7 Å². The molecule has 0 aliphatic carbocycles. The van der Waals surface area contributed by atoms with Crippen molar-refractivity contribution in [2.24, 2.45) is 0 Å². The van der Waals surface area contributed by atoms with Gasteiger partial charge in [-0.25, -0.2) is 4.98 Å². The molecule has 1 aliphatic heterocycles. The topological polar surface area (TPSA) is 69.7 Å². The lowest BCUT2D eigenvalue weighted by atomic mass is 10.1. The molecule has 28 heavy (non-hydrogen) atoms. The van der Waals surface area contributed by atoms with E-state index in [1.807, 2.05) is 0 Å². The highest BCUT2D eigenvalue weighted by atomic mass is 32.1. The van der Waals surface area contributed by atoms with Gasteiger partial charge in [0, 0.05) is 16.5 Å². The maximum absolute atomic E-state index is 12.6. The molecule has 6 nitrogen and oxygen atoms in total. The summed E-state index contributed by atoms with van der Waals surface area (Å²) in [5, 5.41) is 4.69. The highest BCUT2D eigenvalue weighted by molar-refractivity contribution is 7.14. The summed E-state index contributed by atoms with van der Waals surface area (Å²) in [6, 6.07) is 11.3. The fourth-order valence-corrected chi connectivity index (χ4v) is 3.39. The molecule has 0 spiro atoms. The monoisotopic (exact) mass is 404 g/mol. The van der Waals surface area contributed by atoms with Gasteiger partial charge in [-0.2, -0.15) is 8.78 Å². The lowest BCUT2D eigenvalue weighted by Crippen LogP contribution is -2.17. The van der Waals surface area contributed by atoms with Crippen LogP contribution in [0.15, 0.2) is 47.8 Å². The first-order valence-corrected chi connectivity index (χ1v) is 9.19. The van der Waals surface area contributed by atoms with Crippen LogP contribution in [-0.2, 0) is 0 Å². The molecule has 3 aromatic rings. The largest absolute Gasteiger partial charge is 0.486 e. The van der Waals surface area contributed by atoms with E-state index in [9.17, 15) is 13.6 Å². The molecule has 0 saturated carbocycles. The van der Waals surface area contributed by atoms with E-state index in [1.165, 1.54) is 17.4 Å². The second-order valence-corrected chi connectivity index (χ2v) is 6.58. The summed E-state index contributed by atoms with van der Waals surface area (Å²) in [6.07, 6.45) is 0. The number of rotatable bonds is 5. The number of halogens is 2. The highest BCUT2D eigenvalue weighted by Crippen LogP contribution is 2.34. The molecule has 9 heteroatoms. The number of ether oxygens (including phenoxy) is 3. The van der Waals surface area contributed by atoms with Crippen LogP contribution in [0.2, 0.25) is 0 Å². The summed E-state index contributed by atoms with van der Waals surface area (Å²) in [7, 11) is 0. The predicted molar refractivity (Wildman–Crippen MR) is 99.6 cm³/mol. The van der Waals surface area contributed by atoms with Crippen molar-refractivity contribution in [3.63, 3.8) is 0 Å². The third kappa shape index (κ3) is 3.89. The molecule has 1 N–H and O–H groups in total. The number of amides is 1. The number of nitrogens with one attached hydrogen (secondary N) is 1. The number of anilines is 1. The molecule has 0 saturated heterocycles. The first-order chi connectivity index (χ1) is 13.6. The Kier molecular flexibility index (Phi) is 5.07. The van der Waals surface area contributed by atoms with Gasteiger partial charge in [0.05, 0.1) is 5.69 Å². The van der Waals surface area contributed by atoms with Crippen LogP contribution in [0.25, 0.3) is 11.3 Å². The van der Waals surface area contributed by atoms with Crippen LogP contribution in [0.1, 0.15) is 10.4 Å². The van der Waals surface area contributed by atoms with Crippen LogP contribution in [-0.4, -0.2) is 30.7 Å². The normalized spacial score (nSPS) is 12.7. The number of carbonyl (C=O) groups excluding carboxylic acids is 1. The van der Waals surface area contributed by atoms with Gasteiger partial charge in [0.25, 0.3) is 5.91 Å². The number of aromatic nitrogens is 1. The fourth-order valence-electron chi connectivity index (χ4n) is 2.69. The fraction of sp³-hybridized carbons (Fsp3) is 0.158. The Bertz CT molecular complexity index is 1010. The van der Waals surface area contributed by atoms with Crippen molar-refractivity contribution in [1.82, 2.24) is 4.98 Å². The number of carbonyl (C=O) groups is 1. The van der Waals surface area contributed by atoms with Crippen molar-refractivity contribution in [2.45, 2.75) is 6.61 Å². The van der Waals surface area contributed by atoms with Gasteiger partial charge in [0.2, 0.25) is 0 Å². The molecule has 0 bridgehead atoms. The number of para-hydroxylation sites is 1. The smallest absolute Gasteiger partial charge is 0.387 e. The SMILES string of the molecule is O=C(Nc1nc(-c2ccccc2OC(F)F)cs1)c1ccc2c(c1)OCCO2. The maximum atomic E-state index is 12.6. The minimum absolute atomic E-state index is 0.0208. The molecule has 2 aromatic carbocycles. The van der Waals surface area contributed by atoms with E-state index < -0.39 is 6.61 Å². The number of benzene rings is 2. The van der Waals surface area contributed by atoms with Crippen molar-refractivity contribution in [2.75, 3.05) is 18.5 Å². The minimum atomic E-state index is -2.94. The lowest BCUT2D eigenvalue weighted by Gasteiger charge is -2.18. The zero-order chi connectivity index (χ0) is 19.5. The number of fused-ring (bicyclic) bond motifs is 1. The van der Waals surface area contributed by atoms with Crippen LogP contribution in [0, 0.1) is 0 Å². The highest BCUT2D eigenvalue weighted by Gasteiger charge is 2.17. The van der Waals surface area contributed by atoms with Crippen molar-refractivity contribution < 1.29 is 27.8 Å². The van der Waals surface area contributed by atoms with Crippen molar-refractivity contribution in [3.8, 4) is 28.5 Å². The molecule has 0 unspecified atom stereocenters. The molecule has 144 valence electrons. The van der Waals surface area contributed by atoms with Gasteiger partial charge >= 0.3 is 6.61 Å². The molecular weight excluding hydrogens is 390 g/mol. The number of hydrogen-bond acceptors (Lipinski definition) is 6. The summed E-state index contributed by atoms with van der Waals surface area (Å²) in [6.45, 7) is -2.04. The third-order valence-corrected chi connectivity index (χ3v) is 4.67. The zero-order valence-electron chi connectivity index (χ0n) is 14.4. The molecule has 0 radical (unpaired) electrons. The number of hydrogen-bond donors (Lipinski definition) is 1. The average molecular weight is 404 g/mol. The molecule has 0 atom stereocenters. The Morgan fingerprint density at radius 3 is 2.75 bits per heavy atom. The van der Waals surface area contributed by atoms with Gasteiger partial charge < -0.3 is 14.2 Å². The van der Waals surface area contributed by atoms with E-state index >= 15 is 0 Å². The van der Waals surface area contributed by atoms with Gasteiger partial charge in [0.15, 0.2) is 16.6 Å². The van der Waals surface area contributed by atoms with Gasteiger partial charge in [-0.15, -0.1) is 11.3 Å². The number of nitrogens with zero attached hydrogens (tertiary/aromatic N) is 1. The average Bonchev–Trinajstić information content (AvgIpc) is 3.15. The van der Waals surface area contributed by atoms with Gasteiger partial charge in [-0.3, -0.25) is 10.1 Å². The van der Waals surface area contributed by atoms with Crippen LogP contribution < -0.4 is 19.5 Å². The second-order valence-electron chi connectivity index (χ2n) is 5.73. The minimum Gasteiger partial charge on any atom is -0.486 e. The molecule has 2 heterocycles. The summed E-state index contributed by atoms with van der Waals surface area (Å²) in [5.41, 5.74) is 1.24. The van der Waals surface area contributed by atoms with Crippen LogP contribution >= 0.6 is 11.3 Å². The Balaban J connectivity index is 1.52. The molecule has 1 aliphatic rings. The molecule has 0 fully saturated rings. The van der Waals surface area contributed by atoms with E-state index in [4.69, 9.17) is 9.47 Å². The quantitative estimate of drug-likeness (QED) is 0.681. The summed E-state index contributed by atoms with van der Waals surface area (Å²) < 4.78 is 40.6. The molecule has 1 amide bonds. The third-order valence-electron chi connectivity index (χ3n) is 3.91. The number of alkyl halides is 2. The van der Waals surface area contributed by atoms with Crippen LogP contribution in [0.3, 0.4) is 0 Å². The lowest BCUT2D eigenvalue weighted by molar-refractivity contribution is -0.0494. The molecule has 4 rings (SSSR count). The van der Waals surface area contributed by atoms with Crippen LogP contribution in [0.5, 0.6) is 17.2 Å². The molecular formula is C19H14F2N2O4S. The van der Waals surface area contributed by atoms with Gasteiger partial charge in [-0.05, 0) is 30.3 Å². The van der Waals surface area contributed by atoms with Gasteiger partial charge in [-0.1, -0.05) is 12.1 Å². The first-order valence-electron chi connectivity index (χ1n) is 8.31. The van der Waals surface area contributed by atoms with Crippen LogP contribution in [0.4, 0.5) is 13.9 Å². The van der Waals surface area contributed by atoms with Crippen molar-refractivity contribution >= 4 is 22.4 Å². The van der Waals surface area contributed by atoms with Gasteiger partial charge in [0.1, 0.15) is 19.0 Å². The second kappa shape index (κ2) is 7.81. The molecule has 1 aromatic heterocycles. The standard InChI is InChI=1S/C19H14F2N2O4S/c20-18(21)27-14-4-2-1-3-12(14)13-10-28-19(22-13)23-17(24)11-5-6-15-16(9-11)26-8-7-25-15/h1-6,9-10,18H,7-8H2,(H,22,23,24). The summed E-state index contributed by atoms with van der Waals surface area (Å²) in [4.78, 5) is 16.8. The Hall–Kier alpha value is -3.20. The predicted octanol–water partition coefficient (Wildman–Crippen LogP) is 4.44. The zero-order valence-corrected chi connectivity index (χ0v) is 15.2. The number of thiazole rings is 1. The van der Waals surface area contributed by atoms with E-state index in [1.54, 1.807) is 41.8 Å². The van der Waals surface area contributed by atoms with Crippen molar-refractivity contribution in [3.05, 3.63) is 53.4 Å². The van der Waals surface area contributed by atoms with E-state index in [2.05, 4.69) is 15.0 Å². The van der Waals surface area contributed by atoms with E-state index in [-0.39, 0.29) is 11.7 Å². The Morgan fingerprint density at radius 2 is 1.93 bits per heavy atom. The van der Waals surface area contributed by atoms with Crippen molar-refractivity contribution in [1.29, 1.82) is 0 Å². The Morgan fingerprint density at radius 1 is 1.14 bits per heavy atom. The maximum Gasteiger partial charge on any atom is 0.387 e. The first kappa shape index (κ1) is 18.2. The van der Waals surface area contributed by atoms with E-state index in [0.717, 1.165) is 0 Å². The summed E-state index contributed by atoms with van der Waals surface area (Å²) >= 11 is 1.18. The Labute approximate surface area is 162 Å². The summed E-state index contributed by atoms with van der Waals surface area (Å²) in [5.74, 6) is 0.759.